The molecule has 0 saturated heterocycles. The summed E-state index contributed by atoms with van der Waals surface area (Å²) in [6.07, 6.45) is 3.30. The fraction of sp³-hybridized carbons (Fsp3) is 0.158. The van der Waals surface area contributed by atoms with Gasteiger partial charge in [-0.05, 0) is 23.3 Å². The Morgan fingerprint density at radius 1 is 1.08 bits per heavy atom. The lowest BCUT2D eigenvalue weighted by Gasteiger charge is -2.09. The highest BCUT2D eigenvalue weighted by Crippen LogP contribution is 2.11. The smallest absolute Gasteiger partial charge is 0.254 e. The molecule has 0 atom stereocenters. The number of carbonyl (C=O) groups excluding carboxylic acids is 1. The fourth-order valence-corrected chi connectivity index (χ4v) is 2.47. The molecule has 0 aliphatic heterocycles. The van der Waals surface area contributed by atoms with Crippen molar-refractivity contribution in [2.24, 2.45) is 0 Å². The van der Waals surface area contributed by atoms with Gasteiger partial charge in [-0.25, -0.2) is 4.68 Å². The summed E-state index contributed by atoms with van der Waals surface area (Å²) >= 11 is 0. The summed E-state index contributed by atoms with van der Waals surface area (Å²) in [4.78, 5) is 12.3. The van der Waals surface area contributed by atoms with Crippen molar-refractivity contribution < 1.29 is 9.53 Å². The molecular formula is C19H19N3O2. The zero-order valence-electron chi connectivity index (χ0n) is 13.5. The van der Waals surface area contributed by atoms with Gasteiger partial charge in [0.25, 0.3) is 5.91 Å². The van der Waals surface area contributed by atoms with Crippen molar-refractivity contribution in [3.05, 3.63) is 83.7 Å². The number of methoxy groups -OCH3 is 1. The normalized spacial score (nSPS) is 10.5. The first-order valence-electron chi connectivity index (χ1n) is 7.72. The van der Waals surface area contributed by atoms with Crippen LogP contribution in [0.15, 0.2) is 67.0 Å². The number of nitrogens with one attached hydrogen (secondary N) is 1. The van der Waals surface area contributed by atoms with Gasteiger partial charge in [0.05, 0.1) is 24.1 Å². The number of benzene rings is 2. The number of ether oxygens (including phenoxy) is 1. The number of aromatic nitrogens is 2. The third-order valence-electron chi connectivity index (χ3n) is 3.72. The summed E-state index contributed by atoms with van der Waals surface area (Å²) in [7, 11) is 1.66. The Kier molecular flexibility index (Phi) is 5.03. The summed E-state index contributed by atoms with van der Waals surface area (Å²) in [5.74, 6) is -0.149. The quantitative estimate of drug-likeness (QED) is 0.759. The van der Waals surface area contributed by atoms with Crippen molar-refractivity contribution >= 4 is 5.91 Å². The highest BCUT2D eigenvalue weighted by atomic mass is 16.5. The minimum atomic E-state index is -0.149. The number of nitrogens with zero attached hydrogens (tertiary/aromatic N) is 2. The second-order valence-electron chi connectivity index (χ2n) is 5.39. The third-order valence-corrected chi connectivity index (χ3v) is 3.72. The number of amides is 1. The molecule has 0 radical (unpaired) electrons. The second-order valence-corrected chi connectivity index (χ2v) is 5.39. The Morgan fingerprint density at radius 3 is 2.54 bits per heavy atom. The van der Waals surface area contributed by atoms with E-state index in [0.717, 1.165) is 16.8 Å². The molecule has 0 saturated carbocycles. The molecular weight excluding hydrogens is 302 g/mol. The molecule has 0 unspecified atom stereocenters. The van der Waals surface area contributed by atoms with E-state index < -0.39 is 0 Å². The van der Waals surface area contributed by atoms with Gasteiger partial charge in [-0.15, -0.1) is 0 Å². The SMILES string of the molecule is COCc1ccccc1CNC(=O)c1cnn(-c2ccccc2)c1. The van der Waals surface area contributed by atoms with Gasteiger partial charge in [0, 0.05) is 19.9 Å². The van der Waals surface area contributed by atoms with E-state index in [0.29, 0.717) is 18.7 Å². The second kappa shape index (κ2) is 7.57. The molecule has 3 rings (SSSR count). The highest BCUT2D eigenvalue weighted by molar-refractivity contribution is 5.93. The van der Waals surface area contributed by atoms with E-state index in [9.17, 15) is 4.79 Å². The van der Waals surface area contributed by atoms with E-state index in [4.69, 9.17) is 4.74 Å². The van der Waals surface area contributed by atoms with Crippen LogP contribution in [-0.4, -0.2) is 22.8 Å². The molecule has 0 aliphatic carbocycles. The van der Waals surface area contributed by atoms with Gasteiger partial charge in [0.1, 0.15) is 0 Å². The number of para-hydroxylation sites is 1. The van der Waals surface area contributed by atoms with E-state index in [1.54, 1.807) is 24.2 Å². The van der Waals surface area contributed by atoms with Gasteiger partial charge in [-0.2, -0.15) is 5.10 Å². The van der Waals surface area contributed by atoms with Crippen molar-refractivity contribution in [3.8, 4) is 5.69 Å². The van der Waals surface area contributed by atoms with Crippen molar-refractivity contribution in [2.45, 2.75) is 13.2 Å². The summed E-state index contributed by atoms with van der Waals surface area (Å²) in [6, 6.07) is 17.6. The summed E-state index contributed by atoms with van der Waals surface area (Å²) in [6.45, 7) is 0.979. The molecule has 0 fully saturated rings. The number of carbonyl (C=O) groups is 1. The van der Waals surface area contributed by atoms with Crippen LogP contribution in [0.2, 0.25) is 0 Å². The molecule has 0 bridgehead atoms. The van der Waals surface area contributed by atoms with E-state index in [2.05, 4.69) is 10.4 Å². The van der Waals surface area contributed by atoms with E-state index >= 15 is 0 Å². The van der Waals surface area contributed by atoms with Crippen LogP contribution in [0.5, 0.6) is 0 Å². The van der Waals surface area contributed by atoms with Gasteiger partial charge < -0.3 is 10.1 Å². The Bertz CT molecular complexity index is 812. The number of hydrogen-bond donors (Lipinski definition) is 1. The summed E-state index contributed by atoms with van der Waals surface area (Å²) < 4.78 is 6.87. The maximum atomic E-state index is 12.3. The van der Waals surface area contributed by atoms with Crippen LogP contribution in [0.3, 0.4) is 0 Å². The molecule has 1 aromatic heterocycles. The standard InChI is InChI=1S/C19H19N3O2/c1-24-14-16-8-6-5-7-15(16)11-20-19(23)17-12-21-22(13-17)18-9-3-2-4-10-18/h2-10,12-13H,11,14H2,1H3,(H,20,23). The van der Waals surface area contributed by atoms with Gasteiger partial charge in [-0.1, -0.05) is 42.5 Å². The average molecular weight is 321 g/mol. The topological polar surface area (TPSA) is 56.1 Å². The lowest BCUT2D eigenvalue weighted by Crippen LogP contribution is -2.23. The minimum Gasteiger partial charge on any atom is -0.380 e. The fourth-order valence-electron chi connectivity index (χ4n) is 2.47. The first kappa shape index (κ1) is 16.0. The zero-order valence-corrected chi connectivity index (χ0v) is 13.5. The van der Waals surface area contributed by atoms with Crippen molar-refractivity contribution in [1.82, 2.24) is 15.1 Å². The van der Waals surface area contributed by atoms with Crippen molar-refractivity contribution in [2.75, 3.05) is 7.11 Å². The van der Waals surface area contributed by atoms with Crippen molar-refractivity contribution in [3.63, 3.8) is 0 Å². The molecule has 2 aromatic carbocycles. The minimum absolute atomic E-state index is 0.149. The molecule has 0 spiro atoms. The maximum absolute atomic E-state index is 12.3. The predicted molar refractivity (Wildman–Crippen MR) is 91.9 cm³/mol. The Hall–Kier alpha value is -2.92. The van der Waals surface area contributed by atoms with Gasteiger partial charge >= 0.3 is 0 Å². The third kappa shape index (κ3) is 3.70. The number of rotatable bonds is 6. The Morgan fingerprint density at radius 2 is 1.79 bits per heavy atom. The number of hydrogen-bond acceptors (Lipinski definition) is 3. The van der Waals surface area contributed by atoms with E-state index in [1.165, 1.54) is 0 Å². The predicted octanol–water partition coefficient (Wildman–Crippen LogP) is 2.95. The first-order chi connectivity index (χ1) is 11.8. The molecule has 5 nitrogen and oxygen atoms in total. The first-order valence-corrected chi connectivity index (χ1v) is 7.72. The molecule has 0 aliphatic rings. The molecule has 3 aromatic rings. The van der Waals surface area contributed by atoms with Crippen molar-refractivity contribution in [1.29, 1.82) is 0 Å². The molecule has 24 heavy (non-hydrogen) atoms. The average Bonchev–Trinajstić information content (AvgIpc) is 3.12. The van der Waals surface area contributed by atoms with Gasteiger partial charge in [0.15, 0.2) is 0 Å². The summed E-state index contributed by atoms with van der Waals surface area (Å²) in [5, 5.41) is 7.18. The molecule has 1 amide bonds. The van der Waals surface area contributed by atoms with Gasteiger partial charge in [0.2, 0.25) is 0 Å². The van der Waals surface area contributed by atoms with Crippen LogP contribution in [0.4, 0.5) is 0 Å². The summed E-state index contributed by atoms with van der Waals surface area (Å²) in [5.41, 5.74) is 3.56. The lowest BCUT2D eigenvalue weighted by molar-refractivity contribution is 0.0950. The molecule has 1 heterocycles. The molecule has 1 N–H and O–H groups in total. The highest BCUT2D eigenvalue weighted by Gasteiger charge is 2.10. The molecule has 122 valence electrons. The molecule has 5 heteroatoms. The Balaban J connectivity index is 1.67. The van der Waals surface area contributed by atoms with Crippen LogP contribution in [-0.2, 0) is 17.9 Å². The Labute approximate surface area is 140 Å². The zero-order chi connectivity index (χ0) is 16.8. The van der Waals surface area contributed by atoms with Crippen LogP contribution < -0.4 is 5.32 Å². The van der Waals surface area contributed by atoms with Crippen LogP contribution in [0, 0.1) is 0 Å². The van der Waals surface area contributed by atoms with E-state index in [1.807, 2.05) is 54.6 Å². The van der Waals surface area contributed by atoms with E-state index in [-0.39, 0.29) is 5.91 Å². The lowest BCUT2D eigenvalue weighted by atomic mass is 10.1. The largest absolute Gasteiger partial charge is 0.380 e. The maximum Gasteiger partial charge on any atom is 0.254 e. The van der Waals surface area contributed by atoms with Gasteiger partial charge in [-0.3, -0.25) is 4.79 Å². The monoisotopic (exact) mass is 321 g/mol. The van der Waals surface area contributed by atoms with Crippen LogP contribution >= 0.6 is 0 Å². The van der Waals surface area contributed by atoms with Crippen LogP contribution in [0.25, 0.3) is 5.69 Å². The van der Waals surface area contributed by atoms with Crippen LogP contribution in [0.1, 0.15) is 21.5 Å².